The van der Waals surface area contributed by atoms with Crippen LogP contribution in [-0.2, 0) is 4.74 Å². The van der Waals surface area contributed by atoms with E-state index in [9.17, 15) is 0 Å². The van der Waals surface area contributed by atoms with Crippen LogP contribution in [-0.4, -0.2) is 36.3 Å². The molecule has 0 spiro atoms. The first kappa shape index (κ1) is 21.8. The quantitative estimate of drug-likeness (QED) is 0.376. The third-order valence-corrected chi connectivity index (χ3v) is 5.01. The molecule has 0 atom stereocenters. The van der Waals surface area contributed by atoms with Crippen LogP contribution in [0, 0.1) is 0 Å². The summed E-state index contributed by atoms with van der Waals surface area (Å²) in [5, 5.41) is 0. The van der Waals surface area contributed by atoms with Crippen LogP contribution in [0.2, 0.25) is 0 Å². The van der Waals surface area contributed by atoms with Crippen molar-refractivity contribution in [2.45, 2.75) is 33.6 Å². The number of nitrogens with one attached hydrogen (secondary N) is 1. The van der Waals surface area contributed by atoms with Crippen LogP contribution in [0.15, 0.2) is 60.8 Å². The Hall–Kier alpha value is -2.85. The fraction of sp³-hybridized carbons (Fsp3) is 0.346. The molecule has 0 aliphatic carbocycles. The van der Waals surface area contributed by atoms with Gasteiger partial charge in [0.25, 0.3) is 0 Å². The zero-order valence-corrected chi connectivity index (χ0v) is 18.4. The molecule has 158 valence electrons. The predicted octanol–water partition coefficient (Wildman–Crippen LogP) is 6.42. The number of hydrogen-bond donors (Lipinski definition) is 1. The molecule has 30 heavy (non-hydrogen) atoms. The van der Waals surface area contributed by atoms with Gasteiger partial charge in [0.1, 0.15) is 5.82 Å². The van der Waals surface area contributed by atoms with Crippen LogP contribution in [0.5, 0.6) is 0 Å². The molecule has 1 heterocycles. The first-order valence-electron chi connectivity index (χ1n) is 11.0. The molecule has 0 saturated carbocycles. The van der Waals surface area contributed by atoms with E-state index in [-0.39, 0.29) is 0 Å². The average Bonchev–Trinajstić information content (AvgIpc) is 3.27. The van der Waals surface area contributed by atoms with Crippen molar-refractivity contribution in [3.05, 3.63) is 66.4 Å². The number of imidazole rings is 1. The number of ether oxygens (including phenoxy) is 1. The van der Waals surface area contributed by atoms with E-state index in [1.54, 1.807) is 0 Å². The lowest BCUT2D eigenvalue weighted by atomic mass is 10.1. The summed E-state index contributed by atoms with van der Waals surface area (Å²) in [5.41, 5.74) is 5.62. The zero-order valence-electron chi connectivity index (χ0n) is 18.4. The summed E-state index contributed by atoms with van der Waals surface area (Å²) in [6, 6.07) is 17.1. The van der Waals surface area contributed by atoms with Crippen molar-refractivity contribution in [3.63, 3.8) is 0 Å². The van der Waals surface area contributed by atoms with Crippen LogP contribution in [0.1, 0.15) is 39.2 Å². The Bertz CT molecular complexity index is 904. The molecule has 0 aliphatic heterocycles. The standard InChI is InChI=1S/C26H33N3O/c1-4-17-29(18-5-2)24-15-13-22(14-16-24)25-20-27-26(28-25)23-11-9-21(10-12-23)8-7-19-30-6-3/h7-16,20H,4-6,17-19H2,1-3H3,(H,27,28)/b8-7+. The van der Waals surface area contributed by atoms with E-state index in [0.29, 0.717) is 6.61 Å². The second kappa shape index (κ2) is 11.4. The molecule has 0 unspecified atom stereocenters. The Morgan fingerprint density at radius 3 is 2.20 bits per heavy atom. The van der Waals surface area contributed by atoms with Crippen LogP contribution in [0.4, 0.5) is 5.69 Å². The number of aromatic nitrogens is 2. The Morgan fingerprint density at radius 1 is 0.900 bits per heavy atom. The lowest BCUT2D eigenvalue weighted by Gasteiger charge is -2.23. The van der Waals surface area contributed by atoms with E-state index in [1.165, 1.54) is 5.69 Å². The molecule has 3 rings (SSSR count). The van der Waals surface area contributed by atoms with E-state index in [1.807, 2.05) is 19.2 Å². The first-order chi connectivity index (χ1) is 14.7. The highest BCUT2D eigenvalue weighted by atomic mass is 16.5. The second-order valence-electron chi connectivity index (χ2n) is 7.35. The second-order valence-corrected chi connectivity index (χ2v) is 7.35. The van der Waals surface area contributed by atoms with Crippen LogP contribution < -0.4 is 4.90 Å². The molecule has 2 aromatic carbocycles. The maximum Gasteiger partial charge on any atom is 0.138 e. The van der Waals surface area contributed by atoms with Crippen molar-refractivity contribution >= 4 is 11.8 Å². The zero-order chi connectivity index (χ0) is 21.2. The number of aromatic amines is 1. The molecule has 0 saturated heterocycles. The minimum absolute atomic E-state index is 0.646. The minimum Gasteiger partial charge on any atom is -0.378 e. The number of hydrogen-bond acceptors (Lipinski definition) is 3. The number of benzene rings is 2. The maximum absolute atomic E-state index is 5.33. The summed E-state index contributed by atoms with van der Waals surface area (Å²) in [7, 11) is 0. The van der Waals surface area contributed by atoms with Crippen molar-refractivity contribution in [2.24, 2.45) is 0 Å². The normalized spacial score (nSPS) is 11.3. The molecule has 4 nitrogen and oxygen atoms in total. The van der Waals surface area contributed by atoms with Gasteiger partial charge >= 0.3 is 0 Å². The number of nitrogens with zero attached hydrogens (tertiary/aromatic N) is 2. The van der Waals surface area contributed by atoms with E-state index >= 15 is 0 Å². The fourth-order valence-corrected chi connectivity index (χ4v) is 3.49. The summed E-state index contributed by atoms with van der Waals surface area (Å²) < 4.78 is 5.33. The van der Waals surface area contributed by atoms with Gasteiger partial charge in [-0.3, -0.25) is 0 Å². The molecular formula is C26H33N3O. The Labute approximate surface area is 180 Å². The summed E-state index contributed by atoms with van der Waals surface area (Å²) in [6.07, 6.45) is 8.41. The molecule has 0 radical (unpaired) electrons. The monoisotopic (exact) mass is 403 g/mol. The highest BCUT2D eigenvalue weighted by Gasteiger charge is 2.08. The third kappa shape index (κ3) is 5.83. The van der Waals surface area contributed by atoms with Gasteiger partial charge in [0.05, 0.1) is 12.3 Å². The number of rotatable bonds is 11. The van der Waals surface area contributed by atoms with Crippen LogP contribution in [0.25, 0.3) is 28.7 Å². The molecule has 0 fully saturated rings. The van der Waals surface area contributed by atoms with Gasteiger partial charge < -0.3 is 14.6 Å². The minimum atomic E-state index is 0.646. The van der Waals surface area contributed by atoms with Crippen molar-refractivity contribution in [3.8, 4) is 22.6 Å². The lowest BCUT2D eigenvalue weighted by molar-refractivity contribution is 0.178. The molecule has 1 N–H and O–H groups in total. The molecular weight excluding hydrogens is 370 g/mol. The lowest BCUT2D eigenvalue weighted by Crippen LogP contribution is -2.24. The summed E-state index contributed by atoms with van der Waals surface area (Å²) in [6.45, 7) is 10.0. The SMILES string of the molecule is CCCN(CCC)c1ccc(-c2c[nH]c(-c3ccc(/C=C/COCC)cc3)n2)cc1. The van der Waals surface area contributed by atoms with Gasteiger partial charge in [0.15, 0.2) is 0 Å². The highest BCUT2D eigenvalue weighted by Crippen LogP contribution is 2.25. The molecule has 0 bridgehead atoms. The average molecular weight is 404 g/mol. The number of H-pyrrole nitrogens is 1. The van der Waals surface area contributed by atoms with Crippen molar-refractivity contribution in [1.29, 1.82) is 0 Å². The van der Waals surface area contributed by atoms with Crippen LogP contribution in [0.3, 0.4) is 0 Å². The molecule has 4 heteroatoms. The molecule has 0 aliphatic rings. The number of anilines is 1. The summed E-state index contributed by atoms with van der Waals surface area (Å²) in [5.74, 6) is 0.887. The van der Waals surface area contributed by atoms with E-state index < -0.39 is 0 Å². The topological polar surface area (TPSA) is 41.2 Å². The third-order valence-electron chi connectivity index (χ3n) is 5.01. The van der Waals surface area contributed by atoms with Crippen LogP contribution >= 0.6 is 0 Å². The largest absolute Gasteiger partial charge is 0.378 e. The highest BCUT2D eigenvalue weighted by molar-refractivity contribution is 5.67. The van der Waals surface area contributed by atoms with Gasteiger partial charge in [0, 0.05) is 42.7 Å². The van der Waals surface area contributed by atoms with Gasteiger partial charge in [-0.25, -0.2) is 4.98 Å². The predicted molar refractivity (Wildman–Crippen MR) is 128 cm³/mol. The van der Waals surface area contributed by atoms with Gasteiger partial charge in [0.2, 0.25) is 0 Å². The maximum atomic E-state index is 5.33. The first-order valence-corrected chi connectivity index (χ1v) is 11.0. The Morgan fingerprint density at radius 2 is 1.57 bits per heavy atom. The van der Waals surface area contributed by atoms with Crippen molar-refractivity contribution in [1.82, 2.24) is 9.97 Å². The van der Waals surface area contributed by atoms with Gasteiger partial charge in [-0.05, 0) is 37.5 Å². The summed E-state index contributed by atoms with van der Waals surface area (Å²) in [4.78, 5) is 10.6. The van der Waals surface area contributed by atoms with Crippen molar-refractivity contribution < 1.29 is 4.74 Å². The Kier molecular flexibility index (Phi) is 8.28. The van der Waals surface area contributed by atoms with Gasteiger partial charge in [-0.2, -0.15) is 0 Å². The van der Waals surface area contributed by atoms with Crippen molar-refractivity contribution in [2.75, 3.05) is 31.2 Å². The molecule has 1 aromatic heterocycles. The fourth-order valence-electron chi connectivity index (χ4n) is 3.49. The smallest absolute Gasteiger partial charge is 0.138 e. The Balaban J connectivity index is 1.69. The van der Waals surface area contributed by atoms with E-state index in [2.05, 4.69) is 78.3 Å². The van der Waals surface area contributed by atoms with Gasteiger partial charge in [-0.1, -0.05) is 62.4 Å². The van der Waals surface area contributed by atoms with E-state index in [4.69, 9.17) is 9.72 Å². The van der Waals surface area contributed by atoms with E-state index in [0.717, 1.165) is 60.7 Å². The van der Waals surface area contributed by atoms with Gasteiger partial charge in [-0.15, -0.1) is 0 Å². The summed E-state index contributed by atoms with van der Waals surface area (Å²) >= 11 is 0. The molecule has 0 amide bonds. The molecule has 3 aromatic rings.